The average Bonchev–Trinajstić information content (AvgIpc) is 2.84. The van der Waals surface area contributed by atoms with E-state index in [0.29, 0.717) is 26.1 Å². The van der Waals surface area contributed by atoms with Gasteiger partial charge in [-0.05, 0) is 32.6 Å². The van der Waals surface area contributed by atoms with Gasteiger partial charge in [-0.15, -0.1) is 0 Å². The molecule has 3 N–H and O–H groups in total. The monoisotopic (exact) mass is 299 g/mol. The third-order valence-corrected chi connectivity index (χ3v) is 3.42. The number of aliphatic carboxylic acids is 1. The highest BCUT2D eigenvalue weighted by atomic mass is 16.4. The summed E-state index contributed by atoms with van der Waals surface area (Å²) in [7, 11) is 0. The first-order valence-corrected chi connectivity index (χ1v) is 7.42. The molecule has 7 heteroatoms. The molecule has 1 fully saturated rings. The number of hydrogen-bond donors (Lipinski definition) is 3. The van der Waals surface area contributed by atoms with Crippen LogP contribution in [0.1, 0.15) is 39.5 Å². The number of carbonyl (C=O) groups excluding carboxylic acids is 2. The number of likely N-dealkylation sites (tertiary alicyclic amines) is 1. The fourth-order valence-corrected chi connectivity index (χ4v) is 2.37. The van der Waals surface area contributed by atoms with Crippen LogP contribution in [0.25, 0.3) is 0 Å². The fourth-order valence-electron chi connectivity index (χ4n) is 2.37. The van der Waals surface area contributed by atoms with Crippen LogP contribution in [0.2, 0.25) is 0 Å². The Labute approximate surface area is 125 Å². The molecule has 7 nitrogen and oxygen atoms in total. The van der Waals surface area contributed by atoms with Crippen molar-refractivity contribution in [2.75, 3.05) is 19.6 Å². The number of nitrogens with one attached hydrogen (secondary N) is 2. The largest absolute Gasteiger partial charge is 0.481 e. The summed E-state index contributed by atoms with van der Waals surface area (Å²) in [6.07, 6.45) is 1.86. The first-order valence-electron chi connectivity index (χ1n) is 7.42. The lowest BCUT2D eigenvalue weighted by Gasteiger charge is -2.17. The van der Waals surface area contributed by atoms with Crippen molar-refractivity contribution in [3.8, 4) is 0 Å². The van der Waals surface area contributed by atoms with Gasteiger partial charge in [0.05, 0.1) is 0 Å². The highest BCUT2D eigenvalue weighted by Gasteiger charge is 2.26. The molecule has 1 aliphatic heterocycles. The minimum atomic E-state index is -0.797. The molecule has 1 saturated heterocycles. The number of urea groups is 1. The zero-order chi connectivity index (χ0) is 15.8. The van der Waals surface area contributed by atoms with Gasteiger partial charge in [0.15, 0.2) is 0 Å². The molecule has 1 rings (SSSR count). The maximum absolute atomic E-state index is 11.9. The Bertz CT molecular complexity index is 384. The Morgan fingerprint density at radius 1 is 1.29 bits per heavy atom. The molecule has 120 valence electrons. The van der Waals surface area contributed by atoms with E-state index < -0.39 is 5.97 Å². The van der Waals surface area contributed by atoms with Gasteiger partial charge in [0.2, 0.25) is 5.91 Å². The third-order valence-electron chi connectivity index (χ3n) is 3.42. The molecular formula is C14H25N3O4. The molecule has 0 radical (unpaired) electrons. The Hall–Kier alpha value is -1.79. The molecule has 1 atom stereocenters. The van der Waals surface area contributed by atoms with Gasteiger partial charge in [-0.25, -0.2) is 4.79 Å². The third kappa shape index (κ3) is 6.97. The average molecular weight is 299 g/mol. The summed E-state index contributed by atoms with van der Waals surface area (Å²) in [5, 5.41) is 14.1. The molecule has 0 aromatic carbocycles. The highest BCUT2D eigenvalue weighted by molar-refractivity contribution is 5.78. The minimum Gasteiger partial charge on any atom is -0.481 e. The topological polar surface area (TPSA) is 98.7 Å². The van der Waals surface area contributed by atoms with Crippen LogP contribution < -0.4 is 10.6 Å². The van der Waals surface area contributed by atoms with E-state index in [1.165, 1.54) is 0 Å². The molecular weight excluding hydrogens is 274 g/mol. The molecule has 3 amide bonds. The number of amides is 3. The van der Waals surface area contributed by atoms with Crippen molar-refractivity contribution in [3.63, 3.8) is 0 Å². The maximum atomic E-state index is 11.9. The van der Waals surface area contributed by atoms with Crippen molar-refractivity contribution < 1.29 is 19.5 Å². The van der Waals surface area contributed by atoms with Crippen molar-refractivity contribution >= 4 is 17.9 Å². The first kappa shape index (κ1) is 17.3. The Morgan fingerprint density at radius 3 is 2.62 bits per heavy atom. The zero-order valence-electron chi connectivity index (χ0n) is 12.7. The van der Waals surface area contributed by atoms with Crippen molar-refractivity contribution in [1.82, 2.24) is 15.5 Å². The maximum Gasteiger partial charge on any atom is 0.317 e. The molecule has 0 aromatic rings. The van der Waals surface area contributed by atoms with Crippen molar-refractivity contribution in [2.45, 2.75) is 45.6 Å². The molecule has 21 heavy (non-hydrogen) atoms. The van der Waals surface area contributed by atoms with E-state index >= 15 is 0 Å². The Balaban J connectivity index is 2.18. The van der Waals surface area contributed by atoms with E-state index in [4.69, 9.17) is 5.11 Å². The fraction of sp³-hybridized carbons (Fsp3) is 0.786. The number of rotatable bonds is 7. The second kappa shape index (κ2) is 8.49. The van der Waals surface area contributed by atoms with Gasteiger partial charge in [0.1, 0.15) is 0 Å². The lowest BCUT2D eigenvalue weighted by Crippen LogP contribution is -2.40. The minimum absolute atomic E-state index is 0.0777. The van der Waals surface area contributed by atoms with Crippen LogP contribution in [0.5, 0.6) is 0 Å². The lowest BCUT2D eigenvalue weighted by atomic mass is 10.0. The van der Waals surface area contributed by atoms with E-state index in [0.717, 1.165) is 6.42 Å². The van der Waals surface area contributed by atoms with Gasteiger partial charge in [-0.2, -0.15) is 0 Å². The van der Waals surface area contributed by atoms with E-state index in [1.54, 1.807) is 4.90 Å². The second-order valence-electron chi connectivity index (χ2n) is 5.74. The standard InChI is InChI=1S/C14H25N3O4/c1-10(2)16-12(18)5-7-15-14(21)17-8-6-11(9-17)3-4-13(19)20/h10-11H,3-9H2,1-2H3,(H,15,21)(H,16,18)(H,19,20). The molecule has 1 aliphatic rings. The first-order chi connectivity index (χ1) is 9.88. The molecule has 0 aliphatic carbocycles. The summed E-state index contributed by atoms with van der Waals surface area (Å²) in [6, 6.07) is -0.0769. The molecule has 0 spiro atoms. The normalized spacial score (nSPS) is 17.9. The summed E-state index contributed by atoms with van der Waals surface area (Å²) in [4.78, 5) is 35.5. The van der Waals surface area contributed by atoms with Crippen LogP contribution in [-0.4, -0.2) is 53.6 Å². The van der Waals surface area contributed by atoms with Crippen LogP contribution in [0.15, 0.2) is 0 Å². The lowest BCUT2D eigenvalue weighted by molar-refractivity contribution is -0.137. The van der Waals surface area contributed by atoms with Crippen molar-refractivity contribution in [1.29, 1.82) is 0 Å². The number of hydrogen-bond acceptors (Lipinski definition) is 3. The van der Waals surface area contributed by atoms with Gasteiger partial charge < -0.3 is 20.6 Å². The molecule has 0 aromatic heterocycles. The van der Waals surface area contributed by atoms with Gasteiger partial charge in [-0.1, -0.05) is 0 Å². The van der Waals surface area contributed by atoms with E-state index in [9.17, 15) is 14.4 Å². The number of nitrogens with zero attached hydrogens (tertiary/aromatic N) is 1. The van der Waals surface area contributed by atoms with Crippen LogP contribution in [0.4, 0.5) is 4.79 Å². The van der Waals surface area contributed by atoms with E-state index in [2.05, 4.69) is 10.6 Å². The Morgan fingerprint density at radius 2 is 2.00 bits per heavy atom. The summed E-state index contributed by atoms with van der Waals surface area (Å²) in [5.41, 5.74) is 0. The Kier molecular flexibility index (Phi) is 6.98. The molecule has 0 saturated carbocycles. The SMILES string of the molecule is CC(C)NC(=O)CCNC(=O)N1CCC(CCC(=O)O)C1. The second-order valence-corrected chi connectivity index (χ2v) is 5.74. The zero-order valence-corrected chi connectivity index (χ0v) is 12.7. The summed E-state index contributed by atoms with van der Waals surface area (Å²) >= 11 is 0. The van der Waals surface area contributed by atoms with Gasteiger partial charge >= 0.3 is 12.0 Å². The number of carboxylic acids is 1. The predicted octanol–water partition coefficient (Wildman–Crippen LogP) is 0.797. The van der Waals surface area contributed by atoms with Crippen molar-refractivity contribution in [2.24, 2.45) is 5.92 Å². The van der Waals surface area contributed by atoms with Crippen LogP contribution in [0, 0.1) is 5.92 Å². The highest BCUT2D eigenvalue weighted by Crippen LogP contribution is 2.20. The van der Waals surface area contributed by atoms with Gasteiger partial charge in [0.25, 0.3) is 0 Å². The quantitative estimate of drug-likeness (QED) is 0.647. The van der Waals surface area contributed by atoms with E-state index in [1.807, 2.05) is 13.8 Å². The molecule has 1 unspecified atom stereocenters. The summed E-state index contributed by atoms with van der Waals surface area (Å²) in [5.74, 6) is -0.615. The summed E-state index contributed by atoms with van der Waals surface area (Å²) < 4.78 is 0. The van der Waals surface area contributed by atoms with Gasteiger partial charge in [-0.3, -0.25) is 9.59 Å². The van der Waals surface area contributed by atoms with Crippen molar-refractivity contribution in [3.05, 3.63) is 0 Å². The molecule has 0 bridgehead atoms. The van der Waals surface area contributed by atoms with Crippen LogP contribution in [-0.2, 0) is 9.59 Å². The summed E-state index contributed by atoms with van der Waals surface area (Å²) in [6.45, 7) is 5.33. The van der Waals surface area contributed by atoms with Crippen LogP contribution in [0.3, 0.4) is 0 Å². The smallest absolute Gasteiger partial charge is 0.317 e. The van der Waals surface area contributed by atoms with Gasteiger partial charge in [0, 0.05) is 38.5 Å². The number of carboxylic acid groups (broad SMARTS) is 1. The predicted molar refractivity (Wildman–Crippen MR) is 77.8 cm³/mol. The molecule has 1 heterocycles. The van der Waals surface area contributed by atoms with Crippen LogP contribution >= 0.6 is 0 Å². The number of carbonyl (C=O) groups is 3. The van der Waals surface area contributed by atoms with E-state index in [-0.39, 0.29) is 36.7 Å².